The number of carbonyl (C=O) groups is 1. The summed E-state index contributed by atoms with van der Waals surface area (Å²) >= 11 is 0. The van der Waals surface area contributed by atoms with Crippen LogP contribution in [-0.4, -0.2) is 55.4 Å². The van der Waals surface area contributed by atoms with Crippen LogP contribution >= 0.6 is 0 Å². The molecule has 2 rings (SSSR count). The van der Waals surface area contributed by atoms with E-state index in [1.165, 1.54) is 12.8 Å². The number of ether oxygens (including phenoxy) is 1. The molecule has 0 aromatic carbocycles. The highest BCUT2D eigenvalue weighted by Gasteiger charge is 2.38. The van der Waals surface area contributed by atoms with Crippen LogP contribution in [0, 0.1) is 0 Å². The van der Waals surface area contributed by atoms with E-state index in [1.807, 2.05) is 0 Å². The molecule has 2 saturated heterocycles. The number of hydrogen-bond donors (Lipinski definition) is 2. The van der Waals surface area contributed by atoms with Gasteiger partial charge in [0.2, 0.25) is 0 Å². The minimum Gasteiger partial charge on any atom is -0.475 e. The first kappa shape index (κ1) is 16.7. The maximum Gasteiger partial charge on any atom is 0.490 e. The Bertz CT molecular complexity index is 335. The molecule has 116 valence electrons. The molecule has 0 radical (unpaired) electrons. The van der Waals surface area contributed by atoms with E-state index in [0.717, 1.165) is 31.8 Å². The number of halogens is 3. The highest BCUT2D eigenvalue weighted by molar-refractivity contribution is 5.92. The van der Waals surface area contributed by atoms with Crippen molar-refractivity contribution in [2.24, 2.45) is 5.16 Å². The summed E-state index contributed by atoms with van der Waals surface area (Å²) in [5, 5.41) is 14.2. The van der Waals surface area contributed by atoms with Crippen molar-refractivity contribution in [3.8, 4) is 0 Å². The van der Waals surface area contributed by atoms with Crippen molar-refractivity contribution >= 4 is 11.7 Å². The van der Waals surface area contributed by atoms with Crippen molar-refractivity contribution in [2.45, 2.75) is 31.5 Å². The fourth-order valence-electron chi connectivity index (χ4n) is 1.45. The molecule has 0 bridgehead atoms. The first-order valence-electron chi connectivity index (χ1n) is 6.19. The minimum absolute atomic E-state index is 0.270. The van der Waals surface area contributed by atoms with Crippen molar-refractivity contribution in [1.29, 1.82) is 0 Å². The van der Waals surface area contributed by atoms with Crippen LogP contribution in [0.2, 0.25) is 0 Å². The second-order valence-corrected chi connectivity index (χ2v) is 4.35. The van der Waals surface area contributed by atoms with E-state index in [9.17, 15) is 13.2 Å². The molecule has 0 aromatic heterocycles. The lowest BCUT2D eigenvalue weighted by molar-refractivity contribution is -0.192. The van der Waals surface area contributed by atoms with Crippen LogP contribution in [0.15, 0.2) is 5.16 Å². The van der Waals surface area contributed by atoms with Crippen LogP contribution in [-0.2, 0) is 14.4 Å². The number of rotatable bonds is 3. The van der Waals surface area contributed by atoms with Gasteiger partial charge < -0.3 is 20.0 Å². The van der Waals surface area contributed by atoms with E-state index in [0.29, 0.717) is 6.61 Å². The molecular weight excluding hydrogens is 281 g/mol. The maximum atomic E-state index is 10.6. The first-order valence-corrected chi connectivity index (χ1v) is 6.19. The molecule has 9 heteroatoms. The van der Waals surface area contributed by atoms with Crippen LogP contribution < -0.4 is 5.32 Å². The largest absolute Gasteiger partial charge is 0.490 e. The monoisotopic (exact) mass is 298 g/mol. The summed E-state index contributed by atoms with van der Waals surface area (Å²) in [6.45, 7) is 3.26. The predicted molar refractivity (Wildman–Crippen MR) is 63.5 cm³/mol. The smallest absolute Gasteiger partial charge is 0.475 e. The van der Waals surface area contributed by atoms with Crippen LogP contribution in [0.4, 0.5) is 13.2 Å². The van der Waals surface area contributed by atoms with E-state index in [-0.39, 0.29) is 6.10 Å². The molecule has 20 heavy (non-hydrogen) atoms. The summed E-state index contributed by atoms with van der Waals surface area (Å²) in [6, 6.07) is 0. The van der Waals surface area contributed by atoms with Crippen LogP contribution in [0.25, 0.3) is 0 Å². The van der Waals surface area contributed by atoms with E-state index >= 15 is 0 Å². The molecule has 2 aliphatic heterocycles. The van der Waals surface area contributed by atoms with E-state index in [2.05, 4.69) is 10.5 Å². The van der Waals surface area contributed by atoms with Gasteiger partial charge in [-0.1, -0.05) is 5.16 Å². The normalized spacial score (nSPS) is 22.1. The number of alkyl halides is 3. The van der Waals surface area contributed by atoms with E-state index in [4.69, 9.17) is 19.5 Å². The second kappa shape index (κ2) is 8.05. The van der Waals surface area contributed by atoms with E-state index in [1.54, 1.807) is 0 Å². The lowest BCUT2D eigenvalue weighted by Crippen LogP contribution is -2.42. The van der Waals surface area contributed by atoms with Gasteiger partial charge in [-0.05, 0) is 19.3 Å². The zero-order chi connectivity index (χ0) is 15.0. The molecular formula is C11H17F3N2O4. The van der Waals surface area contributed by atoms with Crippen molar-refractivity contribution < 1.29 is 32.6 Å². The van der Waals surface area contributed by atoms with Crippen molar-refractivity contribution in [2.75, 3.05) is 26.3 Å². The maximum absolute atomic E-state index is 10.6. The summed E-state index contributed by atoms with van der Waals surface area (Å²) in [5.41, 5.74) is 1.11. The topological polar surface area (TPSA) is 80.1 Å². The third kappa shape index (κ3) is 6.71. The third-order valence-electron chi connectivity index (χ3n) is 2.63. The zero-order valence-electron chi connectivity index (χ0n) is 10.8. The Balaban J connectivity index is 0.000000246. The zero-order valence-corrected chi connectivity index (χ0v) is 10.8. The van der Waals surface area contributed by atoms with Gasteiger partial charge in [0.1, 0.15) is 6.61 Å². The lowest BCUT2D eigenvalue weighted by Gasteiger charge is -2.22. The molecule has 1 unspecified atom stereocenters. The van der Waals surface area contributed by atoms with E-state index < -0.39 is 12.1 Å². The van der Waals surface area contributed by atoms with Gasteiger partial charge in [-0.2, -0.15) is 13.2 Å². The number of hydrogen-bond acceptors (Lipinski definition) is 5. The quantitative estimate of drug-likeness (QED) is 0.764. The Morgan fingerprint density at radius 1 is 1.45 bits per heavy atom. The summed E-state index contributed by atoms with van der Waals surface area (Å²) < 4.78 is 37.2. The molecule has 0 saturated carbocycles. The lowest BCUT2D eigenvalue weighted by atomic mass is 10.1. The molecule has 0 aliphatic carbocycles. The Labute approximate surface area is 113 Å². The van der Waals surface area contributed by atoms with Gasteiger partial charge in [0, 0.05) is 19.7 Å². The molecule has 0 aromatic rings. The van der Waals surface area contributed by atoms with Crippen LogP contribution in [0.5, 0.6) is 0 Å². The SMILES string of the molecule is C1CCC(CON=C2CNC2)OC1.O=C(O)C(F)(F)F. The molecule has 6 nitrogen and oxygen atoms in total. The highest BCUT2D eigenvalue weighted by atomic mass is 19.4. The average Bonchev–Trinajstić information content (AvgIpc) is 2.33. The third-order valence-corrected chi connectivity index (χ3v) is 2.63. The minimum atomic E-state index is -5.08. The average molecular weight is 298 g/mol. The number of nitrogens with one attached hydrogen (secondary N) is 1. The summed E-state index contributed by atoms with van der Waals surface area (Å²) in [6.07, 6.45) is -1.25. The molecule has 2 aliphatic rings. The predicted octanol–water partition coefficient (Wildman–Crippen LogP) is 1.16. The number of carboxylic acids is 1. The van der Waals surface area contributed by atoms with Gasteiger partial charge in [0.05, 0.1) is 11.8 Å². The van der Waals surface area contributed by atoms with Gasteiger partial charge in [0.25, 0.3) is 0 Å². The number of aliphatic carboxylic acids is 1. The summed E-state index contributed by atoms with van der Waals surface area (Å²) in [4.78, 5) is 14.1. The molecule has 2 N–H and O–H groups in total. The van der Waals surface area contributed by atoms with Crippen LogP contribution in [0.1, 0.15) is 19.3 Å². The number of carboxylic acid groups (broad SMARTS) is 1. The molecule has 2 fully saturated rings. The fraction of sp³-hybridized carbons (Fsp3) is 0.818. The van der Waals surface area contributed by atoms with Crippen LogP contribution in [0.3, 0.4) is 0 Å². The Kier molecular flexibility index (Phi) is 6.73. The highest BCUT2D eigenvalue weighted by Crippen LogP contribution is 2.13. The van der Waals surface area contributed by atoms with Gasteiger partial charge in [-0.3, -0.25) is 0 Å². The number of oxime groups is 1. The molecule has 2 heterocycles. The van der Waals surface area contributed by atoms with Gasteiger partial charge >= 0.3 is 12.1 Å². The van der Waals surface area contributed by atoms with Crippen molar-refractivity contribution in [3.63, 3.8) is 0 Å². The molecule has 0 amide bonds. The molecule has 1 atom stereocenters. The first-order chi connectivity index (χ1) is 9.39. The van der Waals surface area contributed by atoms with Gasteiger partial charge in [0.15, 0.2) is 0 Å². The van der Waals surface area contributed by atoms with Crippen molar-refractivity contribution in [3.05, 3.63) is 0 Å². The number of nitrogens with zero attached hydrogens (tertiary/aromatic N) is 1. The Hall–Kier alpha value is -1.35. The Morgan fingerprint density at radius 2 is 2.10 bits per heavy atom. The standard InChI is InChI=1S/C9H16N2O2.C2HF3O2/c1-2-4-12-9(3-1)7-13-11-8-5-10-6-8;3-2(4,5)1(6)7/h9-10H,1-7H2;(H,6,7). The Morgan fingerprint density at radius 3 is 2.50 bits per heavy atom. The summed E-state index contributed by atoms with van der Waals surface area (Å²) in [7, 11) is 0. The summed E-state index contributed by atoms with van der Waals surface area (Å²) in [5.74, 6) is -2.76. The second-order valence-electron chi connectivity index (χ2n) is 4.35. The van der Waals surface area contributed by atoms with Gasteiger partial charge in [-0.25, -0.2) is 4.79 Å². The van der Waals surface area contributed by atoms with Gasteiger partial charge in [-0.15, -0.1) is 0 Å². The fourth-order valence-corrected chi connectivity index (χ4v) is 1.45. The molecule has 0 spiro atoms. The van der Waals surface area contributed by atoms with Crippen molar-refractivity contribution in [1.82, 2.24) is 5.32 Å².